The first kappa shape index (κ1) is 16.2. The van der Waals surface area contributed by atoms with E-state index >= 15 is 0 Å². The highest BCUT2D eigenvalue weighted by molar-refractivity contribution is 7.22. The first-order chi connectivity index (χ1) is 13.3. The van der Waals surface area contributed by atoms with Crippen LogP contribution in [0.3, 0.4) is 0 Å². The molecule has 0 fully saturated rings. The number of ether oxygens (including phenoxy) is 1. The van der Waals surface area contributed by atoms with Crippen molar-refractivity contribution < 1.29 is 4.74 Å². The van der Waals surface area contributed by atoms with Gasteiger partial charge in [-0.15, -0.1) is 11.3 Å². The molecule has 0 aliphatic heterocycles. The maximum absolute atomic E-state index is 5.49. The number of aromatic amines is 1. The lowest BCUT2D eigenvalue weighted by atomic mass is 9.99. The summed E-state index contributed by atoms with van der Waals surface area (Å²) in [6.45, 7) is 2.22. The third kappa shape index (κ3) is 2.54. The van der Waals surface area contributed by atoms with Crippen LogP contribution in [-0.4, -0.2) is 12.1 Å². The number of H-pyrrole nitrogens is 1. The number of aryl methyl sites for hydroxylation is 1. The van der Waals surface area contributed by atoms with Gasteiger partial charge >= 0.3 is 0 Å². The Kier molecular flexibility index (Phi) is 3.76. The van der Waals surface area contributed by atoms with Crippen LogP contribution in [0.2, 0.25) is 0 Å². The predicted octanol–water partition coefficient (Wildman–Crippen LogP) is 7.03. The Morgan fingerprint density at radius 2 is 1.63 bits per heavy atom. The van der Waals surface area contributed by atoms with Gasteiger partial charge in [0, 0.05) is 21.2 Å². The highest BCUT2D eigenvalue weighted by Crippen LogP contribution is 2.45. The SMILES string of the molecule is COc1ccc2[nH]c(-c3sc4ccccc4c3C)c(-c3ccccc3)c2c1. The molecule has 2 nitrogen and oxygen atoms in total. The molecule has 0 radical (unpaired) electrons. The summed E-state index contributed by atoms with van der Waals surface area (Å²) in [6.07, 6.45) is 0. The van der Waals surface area contributed by atoms with Crippen molar-refractivity contribution in [2.75, 3.05) is 7.11 Å². The van der Waals surface area contributed by atoms with E-state index in [4.69, 9.17) is 4.74 Å². The Balaban J connectivity index is 1.87. The van der Waals surface area contributed by atoms with Crippen LogP contribution >= 0.6 is 11.3 Å². The molecule has 0 aliphatic carbocycles. The molecular formula is C24H19NOS. The summed E-state index contributed by atoms with van der Waals surface area (Å²) in [5, 5.41) is 2.51. The average Bonchev–Trinajstić information content (AvgIpc) is 3.26. The van der Waals surface area contributed by atoms with Gasteiger partial charge in [-0.1, -0.05) is 48.5 Å². The van der Waals surface area contributed by atoms with E-state index in [0.717, 1.165) is 11.3 Å². The summed E-state index contributed by atoms with van der Waals surface area (Å²) in [4.78, 5) is 4.98. The topological polar surface area (TPSA) is 25.0 Å². The summed E-state index contributed by atoms with van der Waals surface area (Å²) < 4.78 is 6.81. The molecule has 5 aromatic rings. The zero-order chi connectivity index (χ0) is 18.4. The van der Waals surface area contributed by atoms with Crippen molar-refractivity contribution >= 4 is 32.3 Å². The molecule has 0 spiro atoms. The molecule has 5 rings (SSSR count). The summed E-state index contributed by atoms with van der Waals surface area (Å²) in [5.41, 5.74) is 6.08. The lowest BCUT2D eigenvalue weighted by molar-refractivity contribution is 0.415. The quantitative estimate of drug-likeness (QED) is 0.363. The van der Waals surface area contributed by atoms with E-state index in [1.165, 1.54) is 42.7 Å². The Labute approximate surface area is 162 Å². The molecule has 0 bridgehead atoms. The van der Waals surface area contributed by atoms with Gasteiger partial charge < -0.3 is 9.72 Å². The van der Waals surface area contributed by atoms with Gasteiger partial charge in [-0.25, -0.2) is 0 Å². The highest BCUT2D eigenvalue weighted by atomic mass is 32.1. The predicted molar refractivity (Wildman–Crippen MR) is 116 cm³/mol. The van der Waals surface area contributed by atoms with Crippen LogP contribution in [0.15, 0.2) is 72.8 Å². The van der Waals surface area contributed by atoms with Gasteiger partial charge in [0.15, 0.2) is 0 Å². The minimum atomic E-state index is 0.873. The van der Waals surface area contributed by atoms with E-state index in [0.29, 0.717) is 0 Å². The van der Waals surface area contributed by atoms with Gasteiger partial charge in [-0.2, -0.15) is 0 Å². The Hall–Kier alpha value is -3.04. The van der Waals surface area contributed by atoms with Crippen molar-refractivity contribution in [3.05, 3.63) is 78.4 Å². The molecule has 132 valence electrons. The first-order valence-electron chi connectivity index (χ1n) is 9.00. The highest BCUT2D eigenvalue weighted by Gasteiger charge is 2.19. The largest absolute Gasteiger partial charge is 0.497 e. The molecular weight excluding hydrogens is 350 g/mol. The molecule has 0 unspecified atom stereocenters. The van der Waals surface area contributed by atoms with Gasteiger partial charge in [-0.05, 0) is 47.7 Å². The molecule has 0 saturated carbocycles. The molecule has 0 aliphatic rings. The van der Waals surface area contributed by atoms with Crippen LogP contribution in [0.25, 0.3) is 42.7 Å². The van der Waals surface area contributed by atoms with Crippen LogP contribution in [0, 0.1) is 6.92 Å². The number of nitrogens with one attached hydrogen (secondary N) is 1. The van der Waals surface area contributed by atoms with Crippen molar-refractivity contribution in [1.29, 1.82) is 0 Å². The third-order valence-corrected chi connectivity index (χ3v) is 6.43. The molecule has 27 heavy (non-hydrogen) atoms. The average molecular weight is 369 g/mol. The summed E-state index contributed by atoms with van der Waals surface area (Å²) in [5.74, 6) is 0.873. The van der Waals surface area contributed by atoms with Crippen LogP contribution in [0.5, 0.6) is 5.75 Å². The summed E-state index contributed by atoms with van der Waals surface area (Å²) in [7, 11) is 1.72. The monoisotopic (exact) mass is 369 g/mol. The zero-order valence-electron chi connectivity index (χ0n) is 15.2. The number of rotatable bonds is 3. The number of aromatic nitrogens is 1. The van der Waals surface area contributed by atoms with Gasteiger partial charge in [-0.3, -0.25) is 0 Å². The fourth-order valence-electron chi connectivity index (χ4n) is 3.79. The van der Waals surface area contributed by atoms with Crippen molar-refractivity contribution in [3.8, 4) is 27.4 Å². The Morgan fingerprint density at radius 1 is 0.852 bits per heavy atom. The van der Waals surface area contributed by atoms with Crippen LogP contribution in [0.4, 0.5) is 0 Å². The normalized spacial score (nSPS) is 11.3. The van der Waals surface area contributed by atoms with E-state index in [2.05, 4.69) is 78.6 Å². The van der Waals surface area contributed by atoms with Crippen LogP contribution < -0.4 is 4.74 Å². The van der Waals surface area contributed by atoms with Crippen molar-refractivity contribution in [2.24, 2.45) is 0 Å². The summed E-state index contributed by atoms with van der Waals surface area (Å²) >= 11 is 1.85. The van der Waals surface area contributed by atoms with Gasteiger partial charge in [0.2, 0.25) is 0 Å². The van der Waals surface area contributed by atoms with Gasteiger partial charge in [0.25, 0.3) is 0 Å². The van der Waals surface area contributed by atoms with Gasteiger partial charge in [0.1, 0.15) is 5.75 Å². The standard InChI is InChI=1S/C24H19NOS/c1-15-18-10-6-7-11-21(18)27-24(15)23-22(16-8-4-3-5-9-16)19-14-17(26-2)12-13-20(19)25-23/h3-14,25H,1-2H3. The molecule has 0 atom stereocenters. The molecule has 3 heteroatoms. The first-order valence-corrected chi connectivity index (χ1v) is 9.81. The molecule has 0 amide bonds. The van der Waals surface area contributed by atoms with Crippen LogP contribution in [-0.2, 0) is 0 Å². The van der Waals surface area contributed by atoms with E-state index in [1.807, 2.05) is 17.4 Å². The fraction of sp³-hybridized carbons (Fsp3) is 0.0833. The maximum Gasteiger partial charge on any atom is 0.119 e. The van der Waals surface area contributed by atoms with E-state index < -0.39 is 0 Å². The Morgan fingerprint density at radius 3 is 2.41 bits per heavy atom. The number of methoxy groups -OCH3 is 1. The lowest BCUT2D eigenvalue weighted by Crippen LogP contribution is -1.83. The molecule has 0 saturated heterocycles. The number of hydrogen-bond acceptors (Lipinski definition) is 2. The second-order valence-corrected chi connectivity index (χ2v) is 7.76. The zero-order valence-corrected chi connectivity index (χ0v) is 16.1. The number of benzene rings is 3. The second kappa shape index (κ2) is 6.29. The second-order valence-electron chi connectivity index (χ2n) is 6.70. The van der Waals surface area contributed by atoms with E-state index in [-0.39, 0.29) is 0 Å². The molecule has 1 N–H and O–H groups in total. The van der Waals surface area contributed by atoms with Crippen molar-refractivity contribution in [3.63, 3.8) is 0 Å². The molecule has 3 aromatic carbocycles. The van der Waals surface area contributed by atoms with E-state index in [9.17, 15) is 0 Å². The number of thiophene rings is 1. The number of fused-ring (bicyclic) bond motifs is 2. The number of hydrogen-bond donors (Lipinski definition) is 1. The summed E-state index contributed by atoms with van der Waals surface area (Å²) in [6, 6.07) is 25.5. The smallest absolute Gasteiger partial charge is 0.119 e. The van der Waals surface area contributed by atoms with Gasteiger partial charge in [0.05, 0.1) is 17.7 Å². The maximum atomic E-state index is 5.49. The fourth-order valence-corrected chi connectivity index (χ4v) is 5.00. The van der Waals surface area contributed by atoms with Crippen LogP contribution in [0.1, 0.15) is 5.56 Å². The minimum absolute atomic E-state index is 0.873. The van der Waals surface area contributed by atoms with Crippen molar-refractivity contribution in [2.45, 2.75) is 6.92 Å². The van der Waals surface area contributed by atoms with Crippen molar-refractivity contribution in [1.82, 2.24) is 4.98 Å². The molecule has 2 aromatic heterocycles. The van der Waals surface area contributed by atoms with E-state index in [1.54, 1.807) is 7.11 Å². The molecule has 2 heterocycles. The Bertz CT molecular complexity index is 1260. The lowest BCUT2D eigenvalue weighted by Gasteiger charge is -2.06. The third-order valence-electron chi connectivity index (χ3n) is 5.14. The minimum Gasteiger partial charge on any atom is -0.497 e.